The lowest BCUT2D eigenvalue weighted by Crippen LogP contribution is -2.07. The molecule has 0 saturated heterocycles. The number of carbonyl (C=O) groups is 2. The molecular formula is C18H15ClO2. The van der Waals surface area contributed by atoms with Gasteiger partial charge in [-0.2, -0.15) is 0 Å². The molecular weight excluding hydrogens is 284 g/mol. The largest absolute Gasteiger partial charge is 0.289 e. The minimum Gasteiger partial charge on any atom is -0.289 e. The first-order chi connectivity index (χ1) is 10.1. The van der Waals surface area contributed by atoms with E-state index in [1.807, 2.05) is 42.5 Å². The zero-order valence-electron chi connectivity index (χ0n) is 11.7. The Balaban J connectivity index is 2.07. The second-order valence-corrected chi connectivity index (χ2v) is 5.80. The van der Waals surface area contributed by atoms with E-state index in [1.54, 1.807) is 6.92 Å². The first-order valence-electron chi connectivity index (χ1n) is 7.02. The van der Waals surface area contributed by atoms with E-state index in [0.29, 0.717) is 0 Å². The molecule has 0 aromatic heterocycles. The quantitative estimate of drug-likeness (QED) is 0.788. The predicted octanol–water partition coefficient (Wildman–Crippen LogP) is 3.89. The van der Waals surface area contributed by atoms with Crippen molar-refractivity contribution in [3.05, 3.63) is 70.3 Å². The summed E-state index contributed by atoms with van der Waals surface area (Å²) in [7, 11) is 0. The van der Waals surface area contributed by atoms with Crippen LogP contribution in [0.15, 0.2) is 42.5 Å². The third kappa shape index (κ3) is 2.52. The molecule has 0 aliphatic heterocycles. The molecule has 21 heavy (non-hydrogen) atoms. The summed E-state index contributed by atoms with van der Waals surface area (Å²) in [6.45, 7) is 1.78. The van der Waals surface area contributed by atoms with Crippen molar-refractivity contribution in [2.45, 2.75) is 25.7 Å². The van der Waals surface area contributed by atoms with Gasteiger partial charge < -0.3 is 0 Å². The molecule has 0 N–H and O–H groups in total. The van der Waals surface area contributed by atoms with Gasteiger partial charge in [0.25, 0.3) is 0 Å². The second-order valence-electron chi connectivity index (χ2n) is 5.43. The molecule has 2 aromatic rings. The summed E-state index contributed by atoms with van der Waals surface area (Å²) in [6.07, 6.45) is 1.64. The lowest BCUT2D eigenvalue weighted by molar-refractivity contribution is -0.112. The summed E-state index contributed by atoms with van der Waals surface area (Å²) in [5.41, 5.74) is 4.47. The molecule has 0 amide bonds. The van der Waals surface area contributed by atoms with E-state index in [9.17, 15) is 9.59 Å². The van der Waals surface area contributed by atoms with Crippen molar-refractivity contribution in [1.29, 1.82) is 0 Å². The molecule has 0 heterocycles. The van der Waals surface area contributed by atoms with E-state index >= 15 is 0 Å². The third-order valence-corrected chi connectivity index (χ3v) is 4.47. The number of ketones is 1. The Morgan fingerprint density at radius 2 is 1.71 bits per heavy atom. The molecule has 2 nitrogen and oxygen atoms in total. The van der Waals surface area contributed by atoms with E-state index < -0.39 is 0 Å². The number of halogens is 1. The maximum atomic E-state index is 12.6. The Labute approximate surface area is 128 Å². The molecule has 1 unspecified atom stereocenters. The molecule has 0 bridgehead atoms. The number of hydrogen-bond donors (Lipinski definition) is 0. The topological polar surface area (TPSA) is 34.1 Å². The molecule has 1 atom stereocenters. The van der Waals surface area contributed by atoms with Gasteiger partial charge >= 0.3 is 0 Å². The SMILES string of the molecule is CC(C(=O)Cl)c1ccc2c(c1)CCc1ccccc1C2=O. The van der Waals surface area contributed by atoms with Gasteiger partial charge in [-0.3, -0.25) is 9.59 Å². The molecule has 2 aromatic carbocycles. The fraction of sp³-hybridized carbons (Fsp3) is 0.222. The zero-order valence-corrected chi connectivity index (χ0v) is 12.5. The second kappa shape index (κ2) is 5.45. The average molecular weight is 299 g/mol. The summed E-state index contributed by atoms with van der Waals surface area (Å²) in [6, 6.07) is 13.3. The number of benzene rings is 2. The highest BCUT2D eigenvalue weighted by Crippen LogP contribution is 2.28. The Kier molecular flexibility index (Phi) is 3.64. The Hall–Kier alpha value is -1.93. The van der Waals surface area contributed by atoms with Gasteiger partial charge in [-0.25, -0.2) is 0 Å². The summed E-state index contributed by atoms with van der Waals surface area (Å²) >= 11 is 5.57. The first kappa shape index (κ1) is 14.0. The van der Waals surface area contributed by atoms with E-state index in [2.05, 4.69) is 0 Å². The highest BCUT2D eigenvalue weighted by atomic mass is 35.5. The molecule has 1 aliphatic carbocycles. The van der Waals surface area contributed by atoms with Gasteiger partial charge in [0.1, 0.15) is 0 Å². The molecule has 1 aliphatic rings. The standard InChI is InChI=1S/C18H15ClO2/c1-11(18(19)21)13-8-9-16-14(10-13)7-6-12-4-2-3-5-15(12)17(16)20/h2-5,8-11H,6-7H2,1H3. The van der Waals surface area contributed by atoms with Crippen molar-refractivity contribution in [2.24, 2.45) is 0 Å². The molecule has 3 rings (SSSR count). The van der Waals surface area contributed by atoms with Gasteiger partial charge in [0.05, 0.1) is 5.92 Å². The van der Waals surface area contributed by atoms with Gasteiger partial charge in [-0.15, -0.1) is 0 Å². The van der Waals surface area contributed by atoms with Crippen molar-refractivity contribution in [3.63, 3.8) is 0 Å². The fourth-order valence-electron chi connectivity index (χ4n) is 2.82. The van der Waals surface area contributed by atoms with Gasteiger partial charge in [0.15, 0.2) is 5.78 Å². The molecule has 0 spiro atoms. The molecule has 3 heteroatoms. The Morgan fingerprint density at radius 3 is 2.48 bits per heavy atom. The Morgan fingerprint density at radius 1 is 1.05 bits per heavy atom. The van der Waals surface area contributed by atoms with Crippen LogP contribution in [0.25, 0.3) is 0 Å². The van der Waals surface area contributed by atoms with E-state index in [0.717, 1.165) is 40.7 Å². The van der Waals surface area contributed by atoms with Gasteiger partial charge in [0, 0.05) is 11.1 Å². The van der Waals surface area contributed by atoms with Crippen LogP contribution in [0.5, 0.6) is 0 Å². The van der Waals surface area contributed by atoms with Crippen molar-refractivity contribution >= 4 is 22.6 Å². The van der Waals surface area contributed by atoms with Crippen molar-refractivity contribution in [1.82, 2.24) is 0 Å². The summed E-state index contributed by atoms with van der Waals surface area (Å²) < 4.78 is 0. The van der Waals surface area contributed by atoms with E-state index in [1.165, 1.54) is 0 Å². The van der Waals surface area contributed by atoms with Crippen LogP contribution in [0.3, 0.4) is 0 Å². The zero-order chi connectivity index (χ0) is 15.0. The Bertz CT molecular complexity index is 734. The molecule has 106 valence electrons. The number of fused-ring (bicyclic) bond motifs is 2. The third-order valence-electron chi connectivity index (χ3n) is 4.14. The van der Waals surface area contributed by atoms with Crippen molar-refractivity contribution in [2.75, 3.05) is 0 Å². The summed E-state index contributed by atoms with van der Waals surface area (Å²) in [5, 5.41) is -0.377. The van der Waals surface area contributed by atoms with Crippen LogP contribution in [-0.4, -0.2) is 11.0 Å². The maximum Gasteiger partial charge on any atom is 0.228 e. The number of hydrogen-bond acceptors (Lipinski definition) is 2. The summed E-state index contributed by atoms with van der Waals surface area (Å²) in [5.74, 6) is -0.285. The summed E-state index contributed by atoms with van der Waals surface area (Å²) in [4.78, 5) is 24.0. The number of aryl methyl sites for hydroxylation is 2. The van der Waals surface area contributed by atoms with Crippen LogP contribution < -0.4 is 0 Å². The first-order valence-corrected chi connectivity index (χ1v) is 7.40. The monoisotopic (exact) mass is 298 g/mol. The van der Waals surface area contributed by atoms with Gasteiger partial charge in [-0.05, 0) is 41.1 Å². The molecule has 0 fully saturated rings. The molecule has 0 radical (unpaired) electrons. The van der Waals surface area contributed by atoms with E-state index in [4.69, 9.17) is 11.6 Å². The minimum absolute atomic E-state index is 0.0644. The van der Waals surface area contributed by atoms with Gasteiger partial charge in [-0.1, -0.05) is 49.4 Å². The maximum absolute atomic E-state index is 12.6. The predicted molar refractivity (Wildman–Crippen MR) is 83.0 cm³/mol. The number of carbonyl (C=O) groups excluding carboxylic acids is 2. The number of rotatable bonds is 2. The van der Waals surface area contributed by atoms with Crippen LogP contribution in [0.2, 0.25) is 0 Å². The lowest BCUT2D eigenvalue weighted by Gasteiger charge is -2.11. The van der Waals surface area contributed by atoms with Crippen LogP contribution in [0.4, 0.5) is 0 Å². The lowest BCUT2D eigenvalue weighted by atomic mass is 9.93. The van der Waals surface area contributed by atoms with Crippen LogP contribution in [-0.2, 0) is 17.6 Å². The van der Waals surface area contributed by atoms with Crippen LogP contribution in [0, 0.1) is 0 Å². The fourth-order valence-corrected chi connectivity index (χ4v) is 2.94. The smallest absolute Gasteiger partial charge is 0.228 e. The van der Waals surface area contributed by atoms with Crippen LogP contribution in [0.1, 0.15) is 45.5 Å². The van der Waals surface area contributed by atoms with E-state index in [-0.39, 0.29) is 16.9 Å². The average Bonchev–Trinajstić information content (AvgIpc) is 2.64. The van der Waals surface area contributed by atoms with Crippen LogP contribution >= 0.6 is 11.6 Å². The van der Waals surface area contributed by atoms with Crippen molar-refractivity contribution in [3.8, 4) is 0 Å². The highest BCUT2D eigenvalue weighted by molar-refractivity contribution is 6.64. The highest BCUT2D eigenvalue weighted by Gasteiger charge is 2.22. The normalized spacial score (nSPS) is 14.9. The molecule has 0 saturated carbocycles. The van der Waals surface area contributed by atoms with Crippen molar-refractivity contribution < 1.29 is 9.59 Å². The van der Waals surface area contributed by atoms with Gasteiger partial charge in [0.2, 0.25) is 5.24 Å². The minimum atomic E-state index is -0.377.